The van der Waals surface area contributed by atoms with Gasteiger partial charge >= 0.3 is 5.97 Å². The number of para-hydroxylation sites is 1. The highest BCUT2D eigenvalue weighted by Crippen LogP contribution is 2.21. The van der Waals surface area contributed by atoms with Crippen molar-refractivity contribution in [3.8, 4) is 5.75 Å². The number of carboxylic acids is 1. The van der Waals surface area contributed by atoms with Crippen LogP contribution in [0.15, 0.2) is 48.5 Å². The van der Waals surface area contributed by atoms with Gasteiger partial charge in [-0.1, -0.05) is 24.3 Å². The van der Waals surface area contributed by atoms with Crippen LogP contribution in [0.5, 0.6) is 5.75 Å². The summed E-state index contributed by atoms with van der Waals surface area (Å²) in [5, 5.41) is 9.05. The number of rotatable bonds is 6. The highest BCUT2D eigenvalue weighted by molar-refractivity contribution is 5.97. The number of ether oxygens (including phenoxy) is 1. The fraction of sp³-hybridized carbons (Fsp3) is 0.263. The van der Waals surface area contributed by atoms with E-state index in [1.165, 1.54) is 12.1 Å². The summed E-state index contributed by atoms with van der Waals surface area (Å²) >= 11 is 0. The molecule has 1 N–H and O–H groups in total. The molecule has 0 aliphatic rings. The molecule has 0 bridgehead atoms. The topological polar surface area (TPSA) is 66.8 Å². The minimum absolute atomic E-state index is 0.0673. The molecule has 0 aliphatic carbocycles. The summed E-state index contributed by atoms with van der Waals surface area (Å²) in [5.41, 5.74) is 1.49. The first-order chi connectivity index (χ1) is 11.4. The zero-order valence-corrected chi connectivity index (χ0v) is 14.0. The molecule has 0 heterocycles. The predicted octanol–water partition coefficient (Wildman–Crippen LogP) is 3.10. The molecule has 0 aromatic heterocycles. The van der Waals surface area contributed by atoms with Gasteiger partial charge in [-0.05, 0) is 43.2 Å². The maximum absolute atomic E-state index is 12.6. The Morgan fingerprint density at radius 1 is 1.12 bits per heavy atom. The Morgan fingerprint density at radius 2 is 1.79 bits per heavy atom. The Kier molecular flexibility index (Phi) is 5.58. The van der Waals surface area contributed by atoms with Crippen molar-refractivity contribution in [1.82, 2.24) is 4.90 Å². The van der Waals surface area contributed by atoms with E-state index in [1.807, 2.05) is 31.2 Å². The van der Waals surface area contributed by atoms with E-state index in [-0.39, 0.29) is 17.5 Å². The summed E-state index contributed by atoms with van der Waals surface area (Å²) in [4.78, 5) is 25.3. The molecular weight excluding hydrogens is 306 g/mol. The van der Waals surface area contributed by atoms with Gasteiger partial charge in [0.05, 0.1) is 12.7 Å². The van der Waals surface area contributed by atoms with Crippen molar-refractivity contribution in [1.29, 1.82) is 0 Å². The van der Waals surface area contributed by atoms with Gasteiger partial charge in [0, 0.05) is 18.7 Å². The van der Waals surface area contributed by atoms with Gasteiger partial charge in [-0.3, -0.25) is 4.79 Å². The van der Waals surface area contributed by atoms with E-state index < -0.39 is 5.97 Å². The summed E-state index contributed by atoms with van der Waals surface area (Å²) < 4.78 is 5.34. The van der Waals surface area contributed by atoms with Crippen LogP contribution in [0.2, 0.25) is 0 Å². The third-order valence-electron chi connectivity index (χ3n) is 4.05. The average Bonchev–Trinajstić information content (AvgIpc) is 2.60. The van der Waals surface area contributed by atoms with Gasteiger partial charge in [0.25, 0.3) is 5.91 Å². The summed E-state index contributed by atoms with van der Waals surface area (Å²) in [7, 11) is 3.34. The molecule has 0 saturated heterocycles. The second-order valence-corrected chi connectivity index (χ2v) is 5.67. The third kappa shape index (κ3) is 3.93. The Morgan fingerprint density at radius 3 is 2.46 bits per heavy atom. The highest BCUT2D eigenvalue weighted by Gasteiger charge is 2.20. The van der Waals surface area contributed by atoms with Crippen LogP contribution in [-0.4, -0.2) is 42.1 Å². The SMILES string of the molecule is COc1ccccc1CC(C)N(C)C(=O)c1cccc(C(=O)O)c1. The first-order valence-electron chi connectivity index (χ1n) is 7.66. The summed E-state index contributed by atoms with van der Waals surface area (Å²) in [5.74, 6) is -0.465. The molecule has 0 radical (unpaired) electrons. The van der Waals surface area contributed by atoms with E-state index in [2.05, 4.69) is 0 Å². The number of hydrogen-bond acceptors (Lipinski definition) is 3. The van der Waals surface area contributed by atoms with Crippen molar-refractivity contribution in [2.75, 3.05) is 14.2 Å². The quantitative estimate of drug-likeness (QED) is 0.885. The number of likely N-dealkylation sites (N-methyl/N-ethyl adjacent to an activating group) is 1. The van der Waals surface area contributed by atoms with Gasteiger partial charge in [-0.2, -0.15) is 0 Å². The highest BCUT2D eigenvalue weighted by atomic mass is 16.5. The third-order valence-corrected chi connectivity index (χ3v) is 4.05. The second-order valence-electron chi connectivity index (χ2n) is 5.67. The lowest BCUT2D eigenvalue weighted by Gasteiger charge is -2.26. The fourth-order valence-electron chi connectivity index (χ4n) is 2.52. The van der Waals surface area contributed by atoms with Gasteiger partial charge in [-0.15, -0.1) is 0 Å². The molecule has 1 unspecified atom stereocenters. The molecule has 1 amide bonds. The first-order valence-corrected chi connectivity index (χ1v) is 7.66. The Labute approximate surface area is 141 Å². The lowest BCUT2D eigenvalue weighted by molar-refractivity contribution is 0.0697. The predicted molar refractivity (Wildman–Crippen MR) is 91.7 cm³/mol. The van der Waals surface area contributed by atoms with Gasteiger partial charge < -0.3 is 14.7 Å². The van der Waals surface area contributed by atoms with E-state index in [9.17, 15) is 9.59 Å². The van der Waals surface area contributed by atoms with E-state index in [0.29, 0.717) is 12.0 Å². The summed E-state index contributed by atoms with van der Waals surface area (Å²) in [6.07, 6.45) is 0.644. The van der Waals surface area contributed by atoms with Crippen LogP contribution in [0.3, 0.4) is 0 Å². The lowest BCUT2D eigenvalue weighted by atomic mass is 10.0. The van der Waals surface area contributed by atoms with E-state index in [4.69, 9.17) is 9.84 Å². The number of amides is 1. The molecule has 0 saturated carbocycles. The molecule has 24 heavy (non-hydrogen) atoms. The minimum Gasteiger partial charge on any atom is -0.496 e. The minimum atomic E-state index is -1.05. The monoisotopic (exact) mass is 327 g/mol. The molecule has 5 heteroatoms. The van der Waals surface area contributed by atoms with Crippen molar-refractivity contribution in [2.45, 2.75) is 19.4 Å². The van der Waals surface area contributed by atoms with E-state index in [0.717, 1.165) is 11.3 Å². The largest absolute Gasteiger partial charge is 0.496 e. The molecule has 1 atom stereocenters. The Bertz CT molecular complexity index is 742. The average molecular weight is 327 g/mol. The van der Waals surface area contributed by atoms with Crippen LogP contribution in [0, 0.1) is 0 Å². The molecule has 2 aromatic carbocycles. The number of methoxy groups -OCH3 is 1. The number of carboxylic acid groups (broad SMARTS) is 1. The Balaban J connectivity index is 2.15. The molecule has 5 nitrogen and oxygen atoms in total. The Hall–Kier alpha value is -2.82. The number of nitrogens with zero attached hydrogens (tertiary/aromatic N) is 1. The maximum atomic E-state index is 12.6. The molecule has 0 aliphatic heterocycles. The molecule has 0 spiro atoms. The molecular formula is C19H21NO4. The van der Waals surface area contributed by atoms with Crippen molar-refractivity contribution in [3.63, 3.8) is 0 Å². The van der Waals surface area contributed by atoms with Crippen LogP contribution >= 0.6 is 0 Å². The summed E-state index contributed by atoms with van der Waals surface area (Å²) in [6, 6.07) is 13.7. The van der Waals surface area contributed by atoms with Crippen molar-refractivity contribution in [2.24, 2.45) is 0 Å². The smallest absolute Gasteiger partial charge is 0.335 e. The molecule has 2 aromatic rings. The van der Waals surface area contributed by atoms with E-state index in [1.54, 1.807) is 31.2 Å². The first kappa shape index (κ1) is 17.5. The van der Waals surface area contributed by atoms with Crippen LogP contribution in [-0.2, 0) is 6.42 Å². The van der Waals surface area contributed by atoms with Gasteiger partial charge in [0.15, 0.2) is 0 Å². The lowest BCUT2D eigenvalue weighted by Crippen LogP contribution is -2.36. The van der Waals surface area contributed by atoms with Crippen LogP contribution in [0.1, 0.15) is 33.2 Å². The normalized spacial score (nSPS) is 11.6. The van der Waals surface area contributed by atoms with Crippen LogP contribution in [0.4, 0.5) is 0 Å². The number of aromatic carboxylic acids is 1. The standard InChI is InChI=1S/C19H21NO4/c1-13(11-14-7-4-5-10-17(14)24-3)20(2)18(21)15-8-6-9-16(12-15)19(22)23/h4-10,12-13H,11H2,1-3H3,(H,22,23). The second kappa shape index (κ2) is 7.64. The van der Waals surface area contributed by atoms with E-state index >= 15 is 0 Å². The molecule has 2 rings (SSSR count). The van der Waals surface area contributed by atoms with Gasteiger partial charge in [0.2, 0.25) is 0 Å². The van der Waals surface area contributed by atoms with Crippen molar-refractivity contribution in [3.05, 3.63) is 65.2 Å². The fourth-order valence-corrected chi connectivity index (χ4v) is 2.52. The number of carbonyl (C=O) groups excluding carboxylic acids is 1. The van der Waals surface area contributed by atoms with Crippen molar-refractivity contribution >= 4 is 11.9 Å². The molecule has 126 valence electrons. The number of carbonyl (C=O) groups is 2. The number of benzene rings is 2. The van der Waals surface area contributed by atoms with Crippen LogP contribution < -0.4 is 4.74 Å². The van der Waals surface area contributed by atoms with Gasteiger partial charge in [-0.25, -0.2) is 4.79 Å². The zero-order chi connectivity index (χ0) is 17.7. The van der Waals surface area contributed by atoms with Crippen LogP contribution in [0.25, 0.3) is 0 Å². The zero-order valence-electron chi connectivity index (χ0n) is 14.0. The maximum Gasteiger partial charge on any atom is 0.335 e. The van der Waals surface area contributed by atoms with Gasteiger partial charge in [0.1, 0.15) is 5.75 Å². The number of hydrogen-bond donors (Lipinski definition) is 1. The molecule has 0 fully saturated rings. The summed E-state index contributed by atoms with van der Waals surface area (Å²) in [6.45, 7) is 1.95. The van der Waals surface area contributed by atoms with Crippen molar-refractivity contribution < 1.29 is 19.4 Å².